The molecule has 0 N–H and O–H groups in total. The van der Waals surface area contributed by atoms with Crippen LogP contribution in [-0.4, -0.2) is 37.7 Å². The summed E-state index contributed by atoms with van der Waals surface area (Å²) in [5.74, 6) is 0.585. The Balaban J connectivity index is 2.57. The molecular formula is C55H81O9P. The minimum atomic E-state index is -2.31. The zero-order chi connectivity index (χ0) is 49.8. The second-order valence-electron chi connectivity index (χ2n) is 23.7. The number of ether oxygens (including phenoxy) is 2. The standard InChI is InChI=1S/C55H81O9P/c1-34(56)44(57)25-22-35-28-38(50(2,3)4)47(39(29-35)51(5,6)7)62-65(63-48-40(52(8,9)10)30-36(23-26-45(58)60-20)31-41(48)53(11,12)13)64-49-42(54(14,15)16)32-37(24-27-46(59)61-21)33-43(49)55(17,18)19/h28-33H,22-27H2,1-21H3. The molecule has 360 valence electrons. The molecule has 0 amide bonds. The maximum Gasteiger partial charge on any atom is 0.530 e. The molecule has 0 atom stereocenters. The molecule has 10 heteroatoms. The van der Waals surface area contributed by atoms with Crippen molar-refractivity contribution < 1.29 is 42.2 Å². The van der Waals surface area contributed by atoms with Crippen molar-refractivity contribution in [3.63, 3.8) is 0 Å². The molecule has 0 saturated heterocycles. The highest BCUT2D eigenvalue weighted by Gasteiger charge is 2.38. The number of aryl methyl sites for hydroxylation is 3. The van der Waals surface area contributed by atoms with Gasteiger partial charge in [-0.2, -0.15) is 0 Å². The van der Waals surface area contributed by atoms with Crippen LogP contribution in [0.3, 0.4) is 0 Å². The third-order valence-electron chi connectivity index (χ3n) is 11.5. The third-order valence-corrected chi connectivity index (χ3v) is 12.5. The van der Waals surface area contributed by atoms with Gasteiger partial charge in [0.05, 0.1) is 14.2 Å². The Bertz CT molecular complexity index is 2000. The molecule has 0 saturated carbocycles. The Hall–Kier alpha value is -4.23. The van der Waals surface area contributed by atoms with Crippen LogP contribution in [0.2, 0.25) is 0 Å². The molecule has 0 bridgehead atoms. The molecule has 0 fully saturated rings. The number of rotatable bonds is 16. The predicted octanol–water partition coefficient (Wildman–Crippen LogP) is 13.5. The summed E-state index contributed by atoms with van der Waals surface area (Å²) in [6, 6.07) is 12.7. The van der Waals surface area contributed by atoms with Crippen LogP contribution < -0.4 is 13.6 Å². The normalized spacial score (nSPS) is 12.8. The van der Waals surface area contributed by atoms with Crippen LogP contribution in [0.5, 0.6) is 17.2 Å². The number of hydrogen-bond donors (Lipinski definition) is 0. The average molecular weight is 917 g/mol. The Labute approximate surface area is 393 Å². The van der Waals surface area contributed by atoms with Crippen molar-refractivity contribution in [3.8, 4) is 17.2 Å². The highest BCUT2D eigenvalue weighted by molar-refractivity contribution is 7.43. The van der Waals surface area contributed by atoms with Crippen molar-refractivity contribution in [1.82, 2.24) is 0 Å². The Morgan fingerprint density at radius 3 is 0.800 bits per heavy atom. The molecule has 0 aliphatic heterocycles. The largest absolute Gasteiger partial charge is 0.530 e. The number of carbonyl (C=O) groups is 4. The lowest BCUT2D eigenvalue weighted by Crippen LogP contribution is -2.24. The first-order valence-electron chi connectivity index (χ1n) is 23.0. The van der Waals surface area contributed by atoms with Gasteiger partial charge in [0.25, 0.3) is 0 Å². The average Bonchev–Trinajstić information content (AvgIpc) is 3.15. The molecule has 3 rings (SSSR count). The highest BCUT2D eigenvalue weighted by Crippen LogP contribution is 2.55. The highest BCUT2D eigenvalue weighted by atomic mass is 31.2. The summed E-state index contributed by atoms with van der Waals surface area (Å²) in [6.45, 7) is 40.0. The number of ketones is 2. The molecule has 0 radical (unpaired) electrons. The number of methoxy groups -OCH3 is 2. The van der Waals surface area contributed by atoms with Crippen LogP contribution in [0.1, 0.15) is 201 Å². The summed E-state index contributed by atoms with van der Waals surface area (Å²) in [5, 5.41) is 0. The third kappa shape index (κ3) is 15.1. The lowest BCUT2D eigenvalue weighted by Gasteiger charge is -2.35. The summed E-state index contributed by atoms with van der Waals surface area (Å²) in [4.78, 5) is 49.4. The number of Topliss-reactive ketones (excluding diaryl/α,β-unsaturated/α-hetero) is 2. The van der Waals surface area contributed by atoms with Gasteiger partial charge < -0.3 is 23.0 Å². The van der Waals surface area contributed by atoms with E-state index in [1.54, 1.807) is 0 Å². The quantitative estimate of drug-likeness (QED) is 0.0787. The van der Waals surface area contributed by atoms with Gasteiger partial charge in [0, 0.05) is 59.6 Å². The number of carbonyl (C=O) groups excluding carboxylic acids is 4. The van der Waals surface area contributed by atoms with Gasteiger partial charge in [0.1, 0.15) is 17.2 Å². The topological polar surface area (TPSA) is 114 Å². The van der Waals surface area contributed by atoms with Crippen LogP contribution >= 0.6 is 8.60 Å². The fourth-order valence-electron chi connectivity index (χ4n) is 7.55. The van der Waals surface area contributed by atoms with Crippen molar-refractivity contribution in [2.24, 2.45) is 0 Å². The smallest absolute Gasteiger partial charge is 0.469 e. The molecule has 0 heterocycles. The van der Waals surface area contributed by atoms with Crippen molar-refractivity contribution in [2.75, 3.05) is 14.2 Å². The lowest BCUT2D eigenvalue weighted by atomic mass is 9.78. The summed E-state index contributed by atoms with van der Waals surface area (Å²) in [5.41, 5.74) is 6.11. The first kappa shape index (κ1) is 55.1. The van der Waals surface area contributed by atoms with E-state index in [2.05, 4.69) is 161 Å². The van der Waals surface area contributed by atoms with Gasteiger partial charge in [-0.25, -0.2) is 0 Å². The maximum absolute atomic E-state index is 12.6. The van der Waals surface area contributed by atoms with E-state index in [0.29, 0.717) is 36.5 Å². The predicted molar refractivity (Wildman–Crippen MR) is 265 cm³/mol. The van der Waals surface area contributed by atoms with Crippen LogP contribution in [0.15, 0.2) is 36.4 Å². The summed E-state index contributed by atoms with van der Waals surface area (Å²) < 4.78 is 32.4. The van der Waals surface area contributed by atoms with Crippen molar-refractivity contribution in [2.45, 2.75) is 203 Å². The van der Waals surface area contributed by atoms with Crippen molar-refractivity contribution >= 4 is 32.1 Å². The number of hydrogen-bond acceptors (Lipinski definition) is 9. The molecule has 0 spiro atoms. The van der Waals surface area contributed by atoms with Crippen LogP contribution in [0, 0.1) is 0 Å². The number of esters is 2. The maximum atomic E-state index is 12.6. The second-order valence-corrected chi connectivity index (χ2v) is 24.7. The molecule has 0 unspecified atom stereocenters. The molecule has 3 aromatic rings. The fourth-order valence-corrected chi connectivity index (χ4v) is 8.70. The lowest BCUT2D eigenvalue weighted by molar-refractivity contribution is -0.141. The Morgan fingerprint density at radius 2 is 0.615 bits per heavy atom. The fraction of sp³-hybridized carbons (Fsp3) is 0.600. The van der Waals surface area contributed by atoms with Gasteiger partial charge in [0.2, 0.25) is 0 Å². The van der Waals surface area contributed by atoms with E-state index in [9.17, 15) is 19.2 Å². The van der Waals surface area contributed by atoms with Gasteiger partial charge in [-0.1, -0.05) is 161 Å². The van der Waals surface area contributed by atoms with Crippen LogP contribution in [0.25, 0.3) is 0 Å². The van der Waals surface area contributed by atoms with E-state index in [1.165, 1.54) is 21.1 Å². The van der Waals surface area contributed by atoms with Gasteiger partial charge in [0.15, 0.2) is 11.6 Å². The summed E-state index contributed by atoms with van der Waals surface area (Å²) >= 11 is 0. The Morgan fingerprint density at radius 1 is 0.400 bits per heavy atom. The van der Waals surface area contributed by atoms with E-state index < -0.39 is 52.7 Å². The van der Waals surface area contributed by atoms with Gasteiger partial charge in [-0.05, 0) is 68.4 Å². The van der Waals surface area contributed by atoms with E-state index in [-0.39, 0.29) is 31.2 Å². The first-order valence-corrected chi connectivity index (χ1v) is 24.1. The van der Waals surface area contributed by atoms with Crippen LogP contribution in [-0.2, 0) is 80.4 Å². The number of benzene rings is 3. The molecule has 0 aliphatic carbocycles. The van der Waals surface area contributed by atoms with E-state index >= 15 is 0 Å². The molecular weight excluding hydrogens is 836 g/mol. The van der Waals surface area contributed by atoms with Gasteiger partial charge >= 0.3 is 20.5 Å². The SMILES string of the molecule is COC(=O)CCc1cc(C(C)(C)C)c(OP(Oc2c(C(C)(C)C)cc(CCC(=O)OC)cc2C(C)(C)C)Oc2c(C(C)(C)C)cc(CCC(=O)C(C)=O)cc2C(C)(C)C)c(C(C)(C)C)c1. The summed E-state index contributed by atoms with van der Waals surface area (Å²) in [6.07, 6.45) is 2.01. The van der Waals surface area contributed by atoms with Crippen molar-refractivity contribution in [1.29, 1.82) is 0 Å². The Kier molecular flexibility index (Phi) is 17.6. The molecule has 3 aromatic carbocycles. The van der Waals surface area contributed by atoms with E-state index in [1.807, 2.05) is 0 Å². The van der Waals surface area contributed by atoms with Gasteiger partial charge in [-0.15, -0.1) is 0 Å². The minimum absolute atomic E-state index is 0.114. The van der Waals surface area contributed by atoms with E-state index in [4.69, 9.17) is 23.0 Å². The zero-order valence-corrected chi connectivity index (χ0v) is 44.7. The van der Waals surface area contributed by atoms with Crippen LogP contribution in [0.4, 0.5) is 0 Å². The van der Waals surface area contributed by atoms with Gasteiger partial charge in [-0.3, -0.25) is 19.2 Å². The molecule has 9 nitrogen and oxygen atoms in total. The summed E-state index contributed by atoms with van der Waals surface area (Å²) in [7, 11) is 0.507. The van der Waals surface area contributed by atoms with E-state index in [0.717, 1.165) is 50.1 Å². The molecule has 0 aromatic heterocycles. The first-order chi connectivity index (χ1) is 29.5. The minimum Gasteiger partial charge on any atom is -0.469 e. The monoisotopic (exact) mass is 917 g/mol. The molecule has 65 heavy (non-hydrogen) atoms. The molecule has 0 aliphatic rings. The second kappa shape index (κ2) is 20.7. The van der Waals surface area contributed by atoms with Crippen molar-refractivity contribution in [3.05, 3.63) is 86.5 Å². The zero-order valence-electron chi connectivity index (χ0n) is 43.8.